The van der Waals surface area contributed by atoms with Crippen LogP contribution in [0.25, 0.3) is 0 Å². The lowest BCUT2D eigenvalue weighted by molar-refractivity contribution is -0.223. The monoisotopic (exact) mass is 512 g/mol. The SMILES string of the molecule is CC1(C)N(O)C(c2ccc(C(=NN)c3ccc(C4N(O)C(C)(C)C(C)(C)N4O)cc3)cc2)N(O)C1(C)C. The topological polar surface area (TPSA) is 132 Å². The van der Waals surface area contributed by atoms with Crippen LogP contribution in [-0.2, 0) is 0 Å². The van der Waals surface area contributed by atoms with E-state index >= 15 is 0 Å². The molecule has 37 heavy (non-hydrogen) atoms. The molecule has 0 spiro atoms. The van der Waals surface area contributed by atoms with Crippen molar-refractivity contribution in [2.24, 2.45) is 10.9 Å². The number of nitrogens with zero attached hydrogens (tertiary/aromatic N) is 5. The lowest BCUT2D eigenvalue weighted by Crippen LogP contribution is -2.52. The molecule has 4 rings (SSSR count). The van der Waals surface area contributed by atoms with Crippen LogP contribution in [0.5, 0.6) is 0 Å². The van der Waals surface area contributed by atoms with Crippen molar-refractivity contribution in [3.8, 4) is 0 Å². The lowest BCUT2D eigenvalue weighted by atomic mass is 9.84. The Balaban J connectivity index is 1.59. The first-order valence-corrected chi connectivity index (χ1v) is 12.4. The summed E-state index contributed by atoms with van der Waals surface area (Å²) < 4.78 is 0. The van der Waals surface area contributed by atoms with Gasteiger partial charge in [-0.25, -0.2) is 0 Å². The summed E-state index contributed by atoms with van der Waals surface area (Å²) in [6, 6.07) is 14.7. The summed E-state index contributed by atoms with van der Waals surface area (Å²) in [6.45, 7) is 15.1. The second kappa shape index (κ2) is 8.82. The van der Waals surface area contributed by atoms with Crippen LogP contribution in [0.3, 0.4) is 0 Å². The van der Waals surface area contributed by atoms with E-state index in [-0.39, 0.29) is 0 Å². The largest absolute Gasteiger partial charge is 0.323 e. The van der Waals surface area contributed by atoms with Crippen molar-refractivity contribution >= 4 is 5.71 Å². The first kappa shape index (κ1) is 27.6. The van der Waals surface area contributed by atoms with Crippen LogP contribution in [0.4, 0.5) is 0 Å². The molecular weight excluding hydrogens is 472 g/mol. The van der Waals surface area contributed by atoms with E-state index in [1.165, 1.54) is 20.3 Å². The maximum absolute atomic E-state index is 10.8. The third kappa shape index (κ3) is 3.83. The quantitative estimate of drug-likeness (QED) is 0.231. The van der Waals surface area contributed by atoms with E-state index in [9.17, 15) is 20.8 Å². The molecule has 0 bridgehead atoms. The van der Waals surface area contributed by atoms with Gasteiger partial charge < -0.3 is 26.7 Å². The van der Waals surface area contributed by atoms with Crippen molar-refractivity contribution < 1.29 is 20.8 Å². The number of hydrogen-bond donors (Lipinski definition) is 5. The van der Waals surface area contributed by atoms with E-state index in [0.29, 0.717) is 5.71 Å². The zero-order chi connectivity index (χ0) is 27.7. The van der Waals surface area contributed by atoms with Gasteiger partial charge in [0.05, 0.1) is 27.9 Å². The highest BCUT2D eigenvalue weighted by molar-refractivity contribution is 6.12. The Labute approximate surface area is 218 Å². The van der Waals surface area contributed by atoms with Gasteiger partial charge in [-0.3, -0.25) is 0 Å². The summed E-state index contributed by atoms with van der Waals surface area (Å²) in [5.74, 6) is 5.78. The normalized spacial score (nSPS) is 24.5. The van der Waals surface area contributed by atoms with Gasteiger partial charge in [0.1, 0.15) is 12.3 Å². The number of hydroxylamine groups is 8. The Bertz CT molecular complexity index is 1050. The van der Waals surface area contributed by atoms with Gasteiger partial charge >= 0.3 is 0 Å². The second-order valence-electron chi connectivity index (χ2n) is 12.1. The Morgan fingerprint density at radius 2 is 0.811 bits per heavy atom. The zero-order valence-corrected chi connectivity index (χ0v) is 22.9. The molecule has 202 valence electrons. The van der Waals surface area contributed by atoms with E-state index in [4.69, 9.17) is 5.84 Å². The maximum atomic E-state index is 10.8. The minimum absolute atomic E-state index is 0.556. The second-order valence-corrected chi connectivity index (χ2v) is 12.1. The average molecular weight is 513 g/mol. The molecule has 2 aliphatic heterocycles. The summed E-state index contributed by atoms with van der Waals surface area (Å²) in [5.41, 5.74) is 0.780. The number of rotatable bonds is 4. The zero-order valence-electron chi connectivity index (χ0n) is 22.9. The molecule has 10 nitrogen and oxygen atoms in total. The molecule has 0 saturated carbocycles. The number of hydrazone groups is 1. The van der Waals surface area contributed by atoms with E-state index in [2.05, 4.69) is 5.10 Å². The van der Waals surface area contributed by atoms with Crippen molar-refractivity contribution in [2.45, 2.75) is 89.9 Å². The Morgan fingerprint density at radius 3 is 1.03 bits per heavy atom. The molecule has 0 atom stereocenters. The Morgan fingerprint density at radius 1 is 0.568 bits per heavy atom. The highest BCUT2D eigenvalue weighted by Gasteiger charge is 2.59. The molecule has 0 unspecified atom stereocenters. The van der Waals surface area contributed by atoms with E-state index in [0.717, 1.165) is 22.3 Å². The van der Waals surface area contributed by atoms with Crippen molar-refractivity contribution in [2.75, 3.05) is 0 Å². The Kier molecular flexibility index (Phi) is 6.59. The fourth-order valence-corrected chi connectivity index (χ4v) is 5.06. The molecule has 2 saturated heterocycles. The van der Waals surface area contributed by atoms with Gasteiger partial charge in [-0.05, 0) is 66.5 Å². The third-order valence-corrected chi connectivity index (χ3v) is 9.31. The van der Waals surface area contributed by atoms with Crippen molar-refractivity contribution in [3.63, 3.8) is 0 Å². The van der Waals surface area contributed by atoms with E-state index in [1.807, 2.05) is 104 Å². The standard InChI is InChI=1S/C27H40N6O4/c1-24(2)25(3,4)31(35)22(30(24)34)19-13-9-17(10-14-19)21(29-28)18-11-15-20(16-12-18)23-32(36)26(5,6)27(7,8)33(23)37/h9-16,22-23,34-37H,28H2,1-8H3. The van der Waals surface area contributed by atoms with Gasteiger partial charge in [-0.15, -0.1) is 0 Å². The van der Waals surface area contributed by atoms with Gasteiger partial charge in [-0.1, -0.05) is 48.5 Å². The summed E-state index contributed by atoms with van der Waals surface area (Å²) in [6.07, 6.45) is -1.45. The molecule has 2 heterocycles. The molecule has 6 N–H and O–H groups in total. The van der Waals surface area contributed by atoms with Crippen LogP contribution in [0.15, 0.2) is 53.6 Å². The van der Waals surface area contributed by atoms with Crippen molar-refractivity contribution in [3.05, 3.63) is 70.8 Å². The molecule has 0 aromatic heterocycles. The molecule has 0 radical (unpaired) electrons. The molecule has 0 amide bonds. The van der Waals surface area contributed by atoms with Crippen LogP contribution in [0, 0.1) is 0 Å². The smallest absolute Gasteiger partial charge is 0.136 e. The van der Waals surface area contributed by atoms with Gasteiger partial charge in [0.2, 0.25) is 0 Å². The first-order chi connectivity index (χ1) is 17.0. The molecule has 2 aromatic rings. The summed E-state index contributed by atoms with van der Waals surface area (Å²) in [4.78, 5) is 0. The van der Waals surface area contributed by atoms with Crippen LogP contribution in [-0.4, -0.2) is 68.9 Å². The van der Waals surface area contributed by atoms with Crippen LogP contribution in [0.2, 0.25) is 0 Å². The predicted octanol–water partition coefficient (Wildman–Crippen LogP) is 4.30. The molecule has 2 aliphatic rings. The van der Waals surface area contributed by atoms with E-state index < -0.39 is 34.5 Å². The highest BCUT2D eigenvalue weighted by Crippen LogP contribution is 2.48. The van der Waals surface area contributed by atoms with Crippen LogP contribution < -0.4 is 5.84 Å². The van der Waals surface area contributed by atoms with Crippen molar-refractivity contribution in [1.82, 2.24) is 20.3 Å². The van der Waals surface area contributed by atoms with Gasteiger partial charge in [0.15, 0.2) is 0 Å². The highest BCUT2D eigenvalue weighted by atomic mass is 16.6. The third-order valence-electron chi connectivity index (χ3n) is 9.31. The minimum atomic E-state index is -0.723. The fraction of sp³-hybridized carbons (Fsp3) is 0.519. The molecule has 0 aliphatic carbocycles. The fourth-order valence-electron chi connectivity index (χ4n) is 5.06. The van der Waals surface area contributed by atoms with Crippen LogP contribution in [0.1, 0.15) is 90.0 Å². The number of benzene rings is 2. The first-order valence-electron chi connectivity index (χ1n) is 12.4. The van der Waals surface area contributed by atoms with Crippen molar-refractivity contribution in [1.29, 1.82) is 0 Å². The summed E-state index contributed by atoms with van der Waals surface area (Å²) >= 11 is 0. The average Bonchev–Trinajstić information content (AvgIpc) is 3.04. The van der Waals surface area contributed by atoms with E-state index in [1.54, 1.807) is 0 Å². The molecular formula is C27H40N6O4. The summed E-state index contributed by atoms with van der Waals surface area (Å²) in [5, 5.41) is 52.1. The lowest BCUT2D eigenvalue weighted by Gasteiger charge is -2.37. The minimum Gasteiger partial charge on any atom is -0.323 e. The summed E-state index contributed by atoms with van der Waals surface area (Å²) in [7, 11) is 0. The Hall–Kier alpha value is -2.41. The van der Waals surface area contributed by atoms with Gasteiger partial charge in [-0.2, -0.15) is 25.4 Å². The number of hydrogen-bond acceptors (Lipinski definition) is 10. The number of nitrogens with two attached hydrogens (primary N) is 1. The molecule has 2 fully saturated rings. The maximum Gasteiger partial charge on any atom is 0.136 e. The predicted molar refractivity (Wildman–Crippen MR) is 139 cm³/mol. The molecule has 2 aromatic carbocycles. The molecule has 10 heteroatoms. The van der Waals surface area contributed by atoms with Gasteiger partial charge in [0.25, 0.3) is 0 Å². The van der Waals surface area contributed by atoms with Gasteiger partial charge in [0, 0.05) is 11.1 Å². The van der Waals surface area contributed by atoms with Crippen LogP contribution >= 0.6 is 0 Å².